The summed E-state index contributed by atoms with van der Waals surface area (Å²) in [6.45, 7) is 2.63. The summed E-state index contributed by atoms with van der Waals surface area (Å²) in [7, 11) is 0. The Morgan fingerprint density at radius 3 is 2.73 bits per heavy atom. The molecule has 112 valence electrons. The van der Waals surface area contributed by atoms with E-state index in [9.17, 15) is 4.79 Å². The molecule has 3 rings (SSSR count). The van der Waals surface area contributed by atoms with E-state index in [-0.39, 0.29) is 5.91 Å². The third kappa shape index (κ3) is 3.34. The molecule has 1 heterocycles. The van der Waals surface area contributed by atoms with E-state index in [0.717, 1.165) is 34.4 Å². The number of imidazole rings is 1. The average molecular weight is 293 g/mol. The molecule has 0 aliphatic rings. The zero-order valence-corrected chi connectivity index (χ0v) is 12.6. The number of aromatic amines is 1. The molecule has 4 heteroatoms. The Morgan fingerprint density at radius 1 is 1.14 bits per heavy atom. The van der Waals surface area contributed by atoms with E-state index in [1.54, 1.807) is 0 Å². The third-order valence-electron chi connectivity index (χ3n) is 3.63. The fourth-order valence-corrected chi connectivity index (χ4v) is 2.43. The van der Waals surface area contributed by atoms with Crippen LogP contribution in [-0.4, -0.2) is 15.9 Å². The quantitative estimate of drug-likeness (QED) is 0.760. The second kappa shape index (κ2) is 6.43. The van der Waals surface area contributed by atoms with E-state index < -0.39 is 0 Å². The Hall–Kier alpha value is -2.62. The predicted molar refractivity (Wildman–Crippen MR) is 87.5 cm³/mol. The number of carbonyl (C=O) groups is 1. The van der Waals surface area contributed by atoms with Gasteiger partial charge in [0.05, 0.1) is 17.5 Å². The molecule has 1 aromatic heterocycles. The highest BCUT2D eigenvalue weighted by Crippen LogP contribution is 2.14. The molecule has 2 N–H and O–H groups in total. The van der Waals surface area contributed by atoms with Crippen molar-refractivity contribution in [2.24, 2.45) is 0 Å². The minimum Gasteiger partial charge on any atom is -0.352 e. The van der Waals surface area contributed by atoms with E-state index in [2.05, 4.69) is 22.2 Å². The summed E-state index contributed by atoms with van der Waals surface area (Å²) in [5, 5.41) is 2.95. The van der Waals surface area contributed by atoms with E-state index in [1.165, 1.54) is 0 Å². The van der Waals surface area contributed by atoms with Crippen molar-refractivity contribution >= 4 is 16.9 Å². The summed E-state index contributed by atoms with van der Waals surface area (Å²) in [6.07, 6.45) is 1.25. The summed E-state index contributed by atoms with van der Waals surface area (Å²) >= 11 is 0. The Bertz CT molecular complexity index is 777. The van der Waals surface area contributed by atoms with Gasteiger partial charge in [0.1, 0.15) is 5.82 Å². The molecule has 1 amide bonds. The standard InChI is InChI=1S/C18H19N3O/c1-2-17-20-15-9-8-14(10-16(15)21-17)11-18(22)19-12-13-6-4-3-5-7-13/h3-10H,2,11-12H2,1H3,(H,19,22)(H,20,21). The van der Waals surface area contributed by atoms with Crippen LogP contribution in [0.15, 0.2) is 48.5 Å². The van der Waals surface area contributed by atoms with Crippen LogP contribution in [0.3, 0.4) is 0 Å². The summed E-state index contributed by atoms with van der Waals surface area (Å²) in [5.41, 5.74) is 4.03. The molecule has 0 atom stereocenters. The van der Waals surface area contributed by atoms with Crippen molar-refractivity contribution in [2.75, 3.05) is 0 Å². The van der Waals surface area contributed by atoms with Crippen molar-refractivity contribution in [1.82, 2.24) is 15.3 Å². The van der Waals surface area contributed by atoms with Gasteiger partial charge in [0.2, 0.25) is 5.91 Å². The number of nitrogens with one attached hydrogen (secondary N) is 2. The van der Waals surface area contributed by atoms with Gasteiger partial charge in [-0.05, 0) is 23.3 Å². The maximum absolute atomic E-state index is 12.0. The van der Waals surface area contributed by atoms with Gasteiger partial charge >= 0.3 is 0 Å². The topological polar surface area (TPSA) is 57.8 Å². The van der Waals surface area contributed by atoms with Crippen LogP contribution in [0, 0.1) is 0 Å². The maximum Gasteiger partial charge on any atom is 0.224 e. The van der Waals surface area contributed by atoms with Crippen LogP contribution in [0.25, 0.3) is 11.0 Å². The smallest absolute Gasteiger partial charge is 0.224 e. The fourth-order valence-electron chi connectivity index (χ4n) is 2.43. The van der Waals surface area contributed by atoms with E-state index >= 15 is 0 Å². The lowest BCUT2D eigenvalue weighted by molar-refractivity contribution is -0.120. The number of nitrogens with zero attached hydrogens (tertiary/aromatic N) is 1. The first kappa shape index (κ1) is 14.3. The summed E-state index contributed by atoms with van der Waals surface area (Å²) in [5.74, 6) is 0.999. The lowest BCUT2D eigenvalue weighted by Crippen LogP contribution is -2.24. The SMILES string of the molecule is CCc1nc2ccc(CC(=O)NCc3ccccc3)cc2[nH]1. The van der Waals surface area contributed by atoms with Crippen molar-refractivity contribution < 1.29 is 4.79 Å². The number of hydrogen-bond acceptors (Lipinski definition) is 2. The lowest BCUT2D eigenvalue weighted by atomic mass is 10.1. The molecule has 0 bridgehead atoms. The number of hydrogen-bond donors (Lipinski definition) is 2. The van der Waals surface area contributed by atoms with Crippen molar-refractivity contribution in [3.05, 3.63) is 65.5 Å². The van der Waals surface area contributed by atoms with Crippen molar-refractivity contribution in [3.8, 4) is 0 Å². The van der Waals surface area contributed by atoms with Gasteiger partial charge in [-0.1, -0.05) is 43.3 Å². The number of amides is 1. The van der Waals surface area contributed by atoms with E-state index in [4.69, 9.17) is 0 Å². The van der Waals surface area contributed by atoms with Crippen molar-refractivity contribution in [3.63, 3.8) is 0 Å². The molecule has 0 aliphatic heterocycles. The van der Waals surface area contributed by atoms with Gasteiger partial charge in [-0.25, -0.2) is 4.98 Å². The zero-order chi connectivity index (χ0) is 15.4. The Kier molecular flexibility index (Phi) is 4.19. The first-order chi connectivity index (χ1) is 10.7. The molecule has 4 nitrogen and oxygen atoms in total. The molecule has 22 heavy (non-hydrogen) atoms. The molecule has 0 spiro atoms. The minimum atomic E-state index is 0.0263. The molecule has 0 saturated carbocycles. The van der Waals surface area contributed by atoms with Gasteiger partial charge in [0.15, 0.2) is 0 Å². The molecular formula is C18H19N3O. The molecule has 0 aliphatic carbocycles. The average Bonchev–Trinajstić information content (AvgIpc) is 2.96. The van der Waals surface area contributed by atoms with E-state index in [1.807, 2.05) is 48.5 Å². The van der Waals surface area contributed by atoms with E-state index in [0.29, 0.717) is 13.0 Å². The normalized spacial score (nSPS) is 10.8. The monoisotopic (exact) mass is 293 g/mol. The highest BCUT2D eigenvalue weighted by Gasteiger charge is 2.06. The first-order valence-electron chi connectivity index (χ1n) is 7.52. The zero-order valence-electron chi connectivity index (χ0n) is 12.6. The number of aryl methyl sites for hydroxylation is 1. The van der Waals surface area contributed by atoms with Gasteiger partial charge in [-0.3, -0.25) is 4.79 Å². The second-order valence-electron chi connectivity index (χ2n) is 5.33. The number of rotatable bonds is 5. The van der Waals surface area contributed by atoms with Gasteiger partial charge in [-0.15, -0.1) is 0 Å². The van der Waals surface area contributed by atoms with Crippen molar-refractivity contribution in [1.29, 1.82) is 0 Å². The number of carbonyl (C=O) groups excluding carboxylic acids is 1. The van der Waals surface area contributed by atoms with Crippen LogP contribution in [0.1, 0.15) is 23.9 Å². The Balaban J connectivity index is 1.63. The maximum atomic E-state index is 12.0. The van der Waals surface area contributed by atoms with Crippen LogP contribution >= 0.6 is 0 Å². The van der Waals surface area contributed by atoms with Gasteiger partial charge in [-0.2, -0.15) is 0 Å². The lowest BCUT2D eigenvalue weighted by Gasteiger charge is -2.05. The molecule has 2 aromatic carbocycles. The molecule has 0 saturated heterocycles. The number of benzene rings is 2. The molecule has 0 unspecified atom stereocenters. The Morgan fingerprint density at radius 2 is 1.95 bits per heavy atom. The minimum absolute atomic E-state index is 0.0263. The molecular weight excluding hydrogens is 274 g/mol. The fraction of sp³-hybridized carbons (Fsp3) is 0.222. The van der Waals surface area contributed by atoms with Crippen molar-refractivity contribution in [2.45, 2.75) is 26.3 Å². The first-order valence-corrected chi connectivity index (χ1v) is 7.52. The van der Waals surface area contributed by atoms with Crippen LogP contribution in [0.4, 0.5) is 0 Å². The largest absolute Gasteiger partial charge is 0.352 e. The highest BCUT2D eigenvalue weighted by molar-refractivity contribution is 5.81. The number of fused-ring (bicyclic) bond motifs is 1. The summed E-state index contributed by atoms with van der Waals surface area (Å²) in [6, 6.07) is 15.8. The molecule has 3 aromatic rings. The van der Waals surface area contributed by atoms with Gasteiger partial charge < -0.3 is 10.3 Å². The number of H-pyrrole nitrogens is 1. The second-order valence-corrected chi connectivity index (χ2v) is 5.33. The van der Waals surface area contributed by atoms with Crippen LogP contribution < -0.4 is 5.32 Å². The van der Waals surface area contributed by atoms with Gasteiger partial charge in [0.25, 0.3) is 0 Å². The van der Waals surface area contributed by atoms with Crippen LogP contribution in [0.2, 0.25) is 0 Å². The van der Waals surface area contributed by atoms with Crippen LogP contribution in [0.5, 0.6) is 0 Å². The summed E-state index contributed by atoms with van der Waals surface area (Å²) < 4.78 is 0. The number of aromatic nitrogens is 2. The highest BCUT2D eigenvalue weighted by atomic mass is 16.1. The molecule has 0 radical (unpaired) electrons. The Labute approximate surface area is 129 Å². The third-order valence-corrected chi connectivity index (χ3v) is 3.63. The molecule has 0 fully saturated rings. The van der Waals surface area contributed by atoms with Gasteiger partial charge in [0, 0.05) is 13.0 Å². The van der Waals surface area contributed by atoms with Crippen LogP contribution in [-0.2, 0) is 24.2 Å². The summed E-state index contributed by atoms with van der Waals surface area (Å²) in [4.78, 5) is 19.8. The predicted octanol–water partition coefficient (Wildman–Crippen LogP) is 2.98.